The van der Waals surface area contributed by atoms with Crippen LogP contribution in [0.1, 0.15) is 12.8 Å². The van der Waals surface area contributed by atoms with Crippen molar-refractivity contribution in [2.45, 2.75) is 12.8 Å². The fraction of sp³-hybridized carbons (Fsp3) is 0.800. The van der Waals surface area contributed by atoms with Gasteiger partial charge in [-0.2, -0.15) is 4.79 Å². The van der Waals surface area contributed by atoms with Gasteiger partial charge in [0.05, 0.1) is 0 Å². The minimum atomic E-state index is -0.611. The van der Waals surface area contributed by atoms with Gasteiger partial charge in [0, 0.05) is 5.75 Å². The van der Waals surface area contributed by atoms with Gasteiger partial charge in [0.15, 0.2) is 9.93 Å². The van der Waals surface area contributed by atoms with Crippen LogP contribution in [-0.2, 0) is 9.93 Å². The third kappa shape index (κ3) is 2.10. The van der Waals surface area contributed by atoms with Crippen LogP contribution in [0.5, 0.6) is 0 Å². The van der Waals surface area contributed by atoms with Crippen molar-refractivity contribution in [2.75, 3.05) is 11.5 Å². The number of hydrogen-bond donors (Lipinski definition) is 1. The first kappa shape index (κ1) is 7.28. The first-order valence-electron chi connectivity index (χ1n) is 2.88. The van der Waals surface area contributed by atoms with Crippen molar-refractivity contribution < 1.29 is 9.90 Å². The van der Waals surface area contributed by atoms with Crippen LogP contribution in [0.25, 0.3) is 0 Å². The summed E-state index contributed by atoms with van der Waals surface area (Å²) in [7, 11) is 1.24. The van der Waals surface area contributed by atoms with Gasteiger partial charge in [-0.1, -0.05) is 0 Å². The Bertz CT molecular complexity index is 110. The van der Waals surface area contributed by atoms with Gasteiger partial charge in [0.25, 0.3) is 0 Å². The molecule has 1 fully saturated rings. The van der Waals surface area contributed by atoms with Gasteiger partial charge in [-0.25, -0.2) is 0 Å². The molecule has 1 heterocycles. The molecule has 1 rings (SSSR count). The summed E-state index contributed by atoms with van der Waals surface area (Å²) in [5.74, 6) is 1.93. The predicted molar refractivity (Wildman–Crippen MR) is 41.9 cm³/mol. The molecule has 0 aliphatic carbocycles. The topological polar surface area (TPSA) is 37.3 Å². The van der Waals surface area contributed by atoms with Crippen LogP contribution >= 0.6 is 10.8 Å². The maximum absolute atomic E-state index is 10.3. The Labute approximate surface area is 60.8 Å². The molecule has 52 valence electrons. The smallest absolute Gasteiger partial charge is 0.440 e. The van der Waals surface area contributed by atoms with E-state index in [4.69, 9.17) is 5.11 Å². The molecule has 0 radical (unpaired) electrons. The van der Waals surface area contributed by atoms with E-state index in [9.17, 15) is 4.79 Å². The highest BCUT2D eigenvalue weighted by Crippen LogP contribution is 2.25. The van der Waals surface area contributed by atoms with E-state index in [2.05, 4.69) is 0 Å². The summed E-state index contributed by atoms with van der Waals surface area (Å²) in [5, 5.41) is 7.92. The normalized spacial score (nSPS) is 27.8. The second-order valence-electron chi connectivity index (χ2n) is 1.84. The highest BCUT2D eigenvalue weighted by Gasteiger charge is 2.32. The maximum Gasteiger partial charge on any atom is 0.536 e. The predicted octanol–water partition coefficient (Wildman–Crippen LogP) is 1.72. The number of carboxylic acid groups (broad SMARTS) is 1. The Morgan fingerprint density at radius 2 is 2.33 bits per heavy atom. The minimum Gasteiger partial charge on any atom is -0.440 e. The van der Waals surface area contributed by atoms with E-state index < -0.39 is 5.30 Å². The second kappa shape index (κ2) is 3.37. The largest absolute Gasteiger partial charge is 0.536 e. The molecule has 1 saturated heterocycles. The summed E-state index contributed by atoms with van der Waals surface area (Å²) in [5.41, 5.74) is 0. The Morgan fingerprint density at radius 1 is 1.56 bits per heavy atom. The molecule has 1 unspecified atom stereocenters. The molecule has 9 heavy (non-hydrogen) atoms. The molecule has 0 bridgehead atoms. The van der Waals surface area contributed by atoms with Gasteiger partial charge in [-0.15, -0.1) is 0 Å². The Kier molecular flexibility index (Phi) is 2.72. The van der Waals surface area contributed by atoms with E-state index in [0.29, 0.717) is 0 Å². The fourth-order valence-electron chi connectivity index (χ4n) is 0.691. The molecular formula is C5H9O2S2+. The van der Waals surface area contributed by atoms with Crippen LogP contribution in [0, 0.1) is 0 Å². The zero-order valence-electron chi connectivity index (χ0n) is 5.00. The summed E-state index contributed by atoms with van der Waals surface area (Å²) in [6.45, 7) is 0. The van der Waals surface area contributed by atoms with Gasteiger partial charge in [0.1, 0.15) is 16.5 Å². The minimum absolute atomic E-state index is 0.363. The molecule has 0 aromatic carbocycles. The Morgan fingerprint density at radius 3 is 2.67 bits per heavy atom. The average Bonchev–Trinajstić information content (AvgIpc) is 1.90. The third-order valence-electron chi connectivity index (χ3n) is 1.14. The first-order valence-corrected chi connectivity index (χ1v) is 5.77. The van der Waals surface area contributed by atoms with E-state index in [-0.39, 0.29) is 9.93 Å². The molecule has 2 nitrogen and oxygen atoms in total. The first-order chi connectivity index (χ1) is 4.30. The van der Waals surface area contributed by atoms with E-state index in [1.165, 1.54) is 6.42 Å². The quantitative estimate of drug-likeness (QED) is 0.438. The van der Waals surface area contributed by atoms with E-state index in [0.717, 1.165) is 17.9 Å². The summed E-state index contributed by atoms with van der Waals surface area (Å²) in [6.07, 6.45) is 2.30. The molecule has 0 saturated carbocycles. The summed E-state index contributed by atoms with van der Waals surface area (Å²) in [6, 6.07) is 0. The summed E-state index contributed by atoms with van der Waals surface area (Å²) < 4.78 is 0. The number of carbonyl (C=O) groups is 1. The van der Waals surface area contributed by atoms with E-state index >= 15 is 0 Å². The molecule has 0 aromatic heterocycles. The Balaban J connectivity index is 2.31. The standard InChI is InChI=1S/C5H8O2S2/c6-5(7)9-4-2-1-3-8-9/h1-4H2/p+1. The van der Waals surface area contributed by atoms with Crippen LogP contribution in [0.15, 0.2) is 0 Å². The van der Waals surface area contributed by atoms with Gasteiger partial charge < -0.3 is 5.11 Å². The van der Waals surface area contributed by atoms with E-state index in [1.807, 2.05) is 0 Å². The molecular weight excluding hydrogens is 156 g/mol. The fourth-order valence-corrected chi connectivity index (χ4v) is 4.04. The van der Waals surface area contributed by atoms with Crippen molar-refractivity contribution in [3.8, 4) is 0 Å². The van der Waals surface area contributed by atoms with Gasteiger partial charge in [-0.05, 0) is 12.8 Å². The summed E-state index contributed by atoms with van der Waals surface area (Å²) in [4.78, 5) is 10.3. The van der Waals surface area contributed by atoms with Crippen molar-refractivity contribution in [1.82, 2.24) is 0 Å². The number of hydrogen-bond acceptors (Lipinski definition) is 2. The molecule has 4 heteroatoms. The van der Waals surface area contributed by atoms with Crippen LogP contribution in [-0.4, -0.2) is 21.9 Å². The molecule has 0 amide bonds. The van der Waals surface area contributed by atoms with Crippen molar-refractivity contribution in [1.29, 1.82) is 0 Å². The second-order valence-corrected chi connectivity index (χ2v) is 5.85. The lowest BCUT2D eigenvalue weighted by Crippen LogP contribution is -2.17. The van der Waals surface area contributed by atoms with Crippen LogP contribution in [0.3, 0.4) is 0 Å². The van der Waals surface area contributed by atoms with Crippen LogP contribution in [0.2, 0.25) is 0 Å². The molecule has 1 aliphatic rings. The lowest BCUT2D eigenvalue weighted by molar-refractivity contribution is 0.222. The Hall–Kier alpha value is 0.170. The molecule has 1 N–H and O–H groups in total. The molecule has 0 spiro atoms. The number of rotatable bonds is 0. The lowest BCUT2D eigenvalue weighted by Gasteiger charge is -2.04. The van der Waals surface area contributed by atoms with Gasteiger partial charge in [0.2, 0.25) is 0 Å². The zero-order chi connectivity index (χ0) is 6.69. The molecule has 1 aliphatic heterocycles. The van der Waals surface area contributed by atoms with Gasteiger partial charge in [-0.3, -0.25) is 0 Å². The van der Waals surface area contributed by atoms with Crippen molar-refractivity contribution >= 4 is 26.0 Å². The van der Waals surface area contributed by atoms with Crippen molar-refractivity contribution in [3.05, 3.63) is 0 Å². The molecule has 0 aromatic rings. The van der Waals surface area contributed by atoms with Crippen LogP contribution < -0.4 is 0 Å². The third-order valence-corrected chi connectivity index (χ3v) is 5.21. The SMILES string of the molecule is O=C(O)[S+]1CCCCS1. The lowest BCUT2D eigenvalue weighted by atomic mass is 10.4. The van der Waals surface area contributed by atoms with E-state index in [1.54, 1.807) is 10.8 Å². The van der Waals surface area contributed by atoms with Crippen molar-refractivity contribution in [2.24, 2.45) is 0 Å². The highest BCUT2D eigenvalue weighted by atomic mass is 33.1. The van der Waals surface area contributed by atoms with Gasteiger partial charge >= 0.3 is 5.30 Å². The summed E-state index contributed by atoms with van der Waals surface area (Å²) >= 11 is 0. The molecule has 1 atom stereocenters. The highest BCUT2D eigenvalue weighted by molar-refractivity contribution is 8.79. The van der Waals surface area contributed by atoms with Crippen LogP contribution in [0.4, 0.5) is 4.79 Å². The average molecular weight is 165 g/mol. The maximum atomic E-state index is 10.3. The van der Waals surface area contributed by atoms with Crippen molar-refractivity contribution in [3.63, 3.8) is 0 Å². The monoisotopic (exact) mass is 165 g/mol. The zero-order valence-corrected chi connectivity index (χ0v) is 6.63.